The van der Waals surface area contributed by atoms with Crippen LogP contribution >= 0.6 is 27.5 Å². The van der Waals surface area contributed by atoms with Crippen LogP contribution in [0.5, 0.6) is 0 Å². The molecule has 15 heavy (non-hydrogen) atoms. The van der Waals surface area contributed by atoms with Crippen molar-refractivity contribution in [1.29, 1.82) is 5.26 Å². The van der Waals surface area contributed by atoms with Gasteiger partial charge in [0, 0.05) is 5.33 Å². The molecule has 1 nitrogen and oxygen atoms in total. The number of hydrogen-bond donors (Lipinski definition) is 0. The third-order valence-electron chi connectivity index (χ3n) is 1.73. The lowest BCUT2D eigenvalue weighted by Gasteiger charge is -2.11. The van der Waals surface area contributed by atoms with Gasteiger partial charge in [0.1, 0.15) is 0 Å². The molecule has 0 N–H and O–H groups in total. The molecule has 1 aromatic carbocycles. The molecule has 0 unspecified atom stereocenters. The summed E-state index contributed by atoms with van der Waals surface area (Å²) in [5.41, 5.74) is -0.776. The Morgan fingerprint density at radius 2 is 2.00 bits per heavy atom. The molecule has 0 fully saturated rings. The van der Waals surface area contributed by atoms with Gasteiger partial charge in [-0.1, -0.05) is 27.5 Å². The molecular weight excluding hydrogens is 294 g/mol. The van der Waals surface area contributed by atoms with Crippen LogP contribution in [0.15, 0.2) is 12.1 Å². The number of rotatable bonds is 1. The van der Waals surface area contributed by atoms with Crippen molar-refractivity contribution < 1.29 is 13.2 Å². The maximum Gasteiger partial charge on any atom is 0.417 e. The number of hydrogen-bond acceptors (Lipinski definition) is 1. The molecule has 0 aliphatic heterocycles. The summed E-state index contributed by atoms with van der Waals surface area (Å²) in [4.78, 5) is 0. The Kier molecular flexibility index (Phi) is 3.63. The zero-order chi connectivity index (χ0) is 11.6. The van der Waals surface area contributed by atoms with Crippen molar-refractivity contribution in [3.8, 4) is 6.07 Å². The van der Waals surface area contributed by atoms with Crippen molar-refractivity contribution >= 4 is 27.5 Å². The fourth-order valence-corrected chi connectivity index (χ4v) is 1.94. The first kappa shape index (κ1) is 12.3. The maximum absolute atomic E-state index is 12.5. The van der Waals surface area contributed by atoms with Gasteiger partial charge in [-0.05, 0) is 17.7 Å². The van der Waals surface area contributed by atoms with Crippen LogP contribution in [0.25, 0.3) is 0 Å². The van der Waals surface area contributed by atoms with Crippen molar-refractivity contribution in [3.63, 3.8) is 0 Å². The fraction of sp³-hybridized carbons (Fsp3) is 0.222. The van der Waals surface area contributed by atoms with Gasteiger partial charge in [0.25, 0.3) is 0 Å². The van der Waals surface area contributed by atoms with Crippen molar-refractivity contribution in [2.75, 3.05) is 0 Å². The van der Waals surface area contributed by atoms with Gasteiger partial charge in [-0.15, -0.1) is 0 Å². The van der Waals surface area contributed by atoms with Crippen LogP contribution in [0.2, 0.25) is 5.02 Å². The third-order valence-corrected chi connectivity index (χ3v) is 2.78. The van der Waals surface area contributed by atoms with Crippen LogP contribution in [0.3, 0.4) is 0 Å². The molecule has 0 saturated heterocycles. The molecule has 6 heteroatoms. The summed E-state index contributed by atoms with van der Waals surface area (Å²) < 4.78 is 37.4. The molecule has 0 amide bonds. The van der Waals surface area contributed by atoms with E-state index < -0.39 is 11.7 Å². The Hall–Kier alpha value is -0.730. The number of nitriles is 1. The van der Waals surface area contributed by atoms with Gasteiger partial charge in [0.2, 0.25) is 0 Å². The lowest BCUT2D eigenvalue weighted by atomic mass is 10.1. The Morgan fingerprint density at radius 1 is 1.40 bits per heavy atom. The quantitative estimate of drug-likeness (QED) is 0.715. The lowest BCUT2D eigenvalue weighted by molar-refractivity contribution is -0.137. The van der Waals surface area contributed by atoms with E-state index >= 15 is 0 Å². The summed E-state index contributed by atoms with van der Waals surface area (Å²) in [6, 6.07) is 3.73. The molecule has 0 saturated carbocycles. The van der Waals surface area contributed by atoms with Gasteiger partial charge in [0.05, 0.1) is 22.2 Å². The first-order chi connectivity index (χ1) is 6.90. The second kappa shape index (κ2) is 4.42. The van der Waals surface area contributed by atoms with E-state index in [9.17, 15) is 13.2 Å². The average molecular weight is 298 g/mol. The predicted octanol–water partition coefficient (Wildman–Crippen LogP) is 4.13. The Morgan fingerprint density at radius 3 is 2.40 bits per heavy atom. The summed E-state index contributed by atoms with van der Waals surface area (Å²) in [6.07, 6.45) is -4.54. The van der Waals surface area contributed by atoms with E-state index in [2.05, 4.69) is 15.9 Å². The second-order valence-electron chi connectivity index (χ2n) is 2.74. The molecule has 0 aliphatic rings. The zero-order valence-electron chi connectivity index (χ0n) is 7.20. The molecule has 0 bridgehead atoms. The molecule has 1 rings (SSSR count). The van der Waals surface area contributed by atoms with Crippen molar-refractivity contribution in [3.05, 3.63) is 33.8 Å². The topological polar surface area (TPSA) is 23.8 Å². The van der Waals surface area contributed by atoms with E-state index in [0.29, 0.717) is 0 Å². The highest BCUT2D eigenvalue weighted by atomic mass is 79.9. The summed E-state index contributed by atoms with van der Waals surface area (Å²) >= 11 is 8.57. The highest BCUT2D eigenvalue weighted by Crippen LogP contribution is 2.37. The highest BCUT2D eigenvalue weighted by molar-refractivity contribution is 9.08. The third kappa shape index (κ3) is 2.64. The van der Waals surface area contributed by atoms with E-state index in [-0.39, 0.29) is 21.5 Å². The zero-order valence-corrected chi connectivity index (χ0v) is 9.54. The van der Waals surface area contributed by atoms with Gasteiger partial charge in [-0.3, -0.25) is 0 Å². The van der Waals surface area contributed by atoms with Crippen LogP contribution in [-0.4, -0.2) is 0 Å². The minimum Gasteiger partial charge on any atom is -0.192 e. The maximum atomic E-state index is 12.5. The van der Waals surface area contributed by atoms with Gasteiger partial charge >= 0.3 is 6.18 Å². The highest BCUT2D eigenvalue weighted by Gasteiger charge is 2.34. The van der Waals surface area contributed by atoms with Crippen LogP contribution < -0.4 is 0 Å². The molecule has 80 valence electrons. The van der Waals surface area contributed by atoms with Crippen LogP contribution in [0, 0.1) is 11.3 Å². The molecule has 0 heterocycles. The normalized spacial score (nSPS) is 11.2. The number of alkyl halides is 4. The monoisotopic (exact) mass is 297 g/mol. The van der Waals surface area contributed by atoms with E-state index in [1.807, 2.05) is 0 Å². The van der Waals surface area contributed by atoms with Crippen molar-refractivity contribution in [1.82, 2.24) is 0 Å². The van der Waals surface area contributed by atoms with E-state index in [0.717, 1.165) is 6.07 Å². The van der Waals surface area contributed by atoms with Gasteiger partial charge in [-0.2, -0.15) is 18.4 Å². The predicted molar refractivity (Wildman–Crippen MR) is 53.8 cm³/mol. The summed E-state index contributed by atoms with van der Waals surface area (Å²) in [5.74, 6) is 0. The first-order valence-electron chi connectivity index (χ1n) is 3.76. The van der Waals surface area contributed by atoms with E-state index in [1.54, 1.807) is 6.07 Å². The van der Waals surface area contributed by atoms with Gasteiger partial charge in [0.15, 0.2) is 0 Å². The summed E-state index contributed by atoms with van der Waals surface area (Å²) in [6.45, 7) is 0. The van der Waals surface area contributed by atoms with E-state index in [1.165, 1.54) is 6.07 Å². The molecule has 0 atom stereocenters. The SMILES string of the molecule is N#Cc1cc(CBr)c(Cl)c(C(F)(F)F)c1. The fourth-order valence-electron chi connectivity index (χ4n) is 1.05. The minimum absolute atomic E-state index is 0.0545. The lowest BCUT2D eigenvalue weighted by Crippen LogP contribution is -2.07. The van der Waals surface area contributed by atoms with Crippen LogP contribution in [-0.2, 0) is 11.5 Å². The average Bonchev–Trinajstić information content (AvgIpc) is 2.16. The Bertz CT molecular complexity index is 423. The largest absolute Gasteiger partial charge is 0.417 e. The summed E-state index contributed by atoms with van der Waals surface area (Å²) in [7, 11) is 0. The van der Waals surface area contributed by atoms with Crippen molar-refractivity contribution in [2.45, 2.75) is 11.5 Å². The summed E-state index contributed by atoms with van der Waals surface area (Å²) in [5, 5.41) is 8.37. The van der Waals surface area contributed by atoms with Crippen molar-refractivity contribution in [2.24, 2.45) is 0 Å². The Balaban J connectivity index is 3.46. The molecule has 0 aromatic heterocycles. The first-order valence-corrected chi connectivity index (χ1v) is 5.25. The van der Waals surface area contributed by atoms with Gasteiger partial charge < -0.3 is 0 Å². The molecule has 0 radical (unpaired) electrons. The molecule has 0 aliphatic carbocycles. The standard InChI is InChI=1S/C9H4BrClF3N/c10-3-6-1-5(4-15)2-7(8(6)11)9(12,13)14/h1-2H,3H2. The number of benzene rings is 1. The minimum atomic E-state index is -4.54. The molecule has 0 spiro atoms. The number of halogens is 5. The molecular formula is C9H4BrClF3N. The van der Waals surface area contributed by atoms with E-state index in [4.69, 9.17) is 16.9 Å². The van der Waals surface area contributed by atoms with Gasteiger partial charge in [-0.25, -0.2) is 0 Å². The molecule has 1 aromatic rings. The second-order valence-corrected chi connectivity index (χ2v) is 3.68. The Labute approximate surface area is 97.6 Å². The smallest absolute Gasteiger partial charge is 0.192 e. The van der Waals surface area contributed by atoms with Crippen LogP contribution in [0.4, 0.5) is 13.2 Å². The number of nitrogens with zero attached hydrogens (tertiary/aromatic N) is 1. The van der Waals surface area contributed by atoms with Crippen LogP contribution in [0.1, 0.15) is 16.7 Å².